The number of pyridine rings is 2. The highest BCUT2D eigenvalue weighted by Gasteiger charge is 2.31. The van der Waals surface area contributed by atoms with Crippen molar-refractivity contribution in [2.45, 2.75) is 30.5 Å². The standard InChI is InChI=1S/C25H29ClF3N5O9/c1-33(7-15(37)21(40)22(41)16(38)8-35)5-9(36)4-31-18-12(27)2-10-19(17(18)26)34(6-11(20(10)39)25(42)43)24-14(29)3-13(28)23(30)32-24/h2-3,6,9,15-16,21-22,31,35-38,40-41H,4-5,7-8H2,1H3,(H2,30,32)(H,42,43)/t9?,15-,16+,21+,22+/m0/s1. The van der Waals surface area contributed by atoms with Gasteiger partial charge in [0.05, 0.1) is 40.4 Å². The number of aromatic carboxylic acids is 1. The number of aliphatic hydroxyl groups excluding tert-OH is 6. The maximum absolute atomic E-state index is 15.2. The molecule has 5 atom stereocenters. The molecule has 0 bridgehead atoms. The third-order valence-electron chi connectivity index (χ3n) is 6.44. The zero-order valence-electron chi connectivity index (χ0n) is 22.3. The van der Waals surface area contributed by atoms with Crippen molar-refractivity contribution in [1.82, 2.24) is 14.5 Å². The molecule has 2 heterocycles. The van der Waals surface area contributed by atoms with E-state index in [1.54, 1.807) is 0 Å². The number of carboxylic acids is 1. The molecular weight excluding hydrogens is 607 g/mol. The van der Waals surface area contributed by atoms with Gasteiger partial charge in [-0.1, -0.05) is 11.6 Å². The predicted octanol–water partition coefficient (Wildman–Crippen LogP) is -1.12. The van der Waals surface area contributed by atoms with E-state index in [4.69, 9.17) is 22.4 Å². The van der Waals surface area contributed by atoms with Crippen LogP contribution in [0.2, 0.25) is 5.02 Å². The summed E-state index contributed by atoms with van der Waals surface area (Å²) in [5.74, 6) is -6.92. The first-order valence-electron chi connectivity index (χ1n) is 12.4. The summed E-state index contributed by atoms with van der Waals surface area (Å²) in [7, 11) is 1.42. The highest BCUT2D eigenvalue weighted by Crippen LogP contribution is 2.34. The van der Waals surface area contributed by atoms with Crippen LogP contribution in [0, 0.1) is 17.5 Å². The van der Waals surface area contributed by atoms with E-state index in [-0.39, 0.29) is 13.1 Å². The number of nitrogen functional groups attached to an aromatic ring is 1. The van der Waals surface area contributed by atoms with E-state index < -0.39 is 111 Å². The van der Waals surface area contributed by atoms with E-state index in [1.165, 1.54) is 11.9 Å². The second kappa shape index (κ2) is 13.8. The summed E-state index contributed by atoms with van der Waals surface area (Å²) >= 11 is 6.41. The molecule has 14 nitrogen and oxygen atoms in total. The largest absolute Gasteiger partial charge is 0.477 e. The number of nitrogens with two attached hydrogens (primary N) is 1. The van der Waals surface area contributed by atoms with Crippen LogP contribution in [-0.4, -0.2) is 120 Å². The van der Waals surface area contributed by atoms with Crippen LogP contribution in [0.1, 0.15) is 10.4 Å². The maximum atomic E-state index is 15.2. The SMILES string of the molecule is CN(CC(O)CNc1c(F)cc2c(=O)c(C(=O)O)cn(-c3nc(N)c(F)cc3F)c2c1Cl)C[C@H](O)[C@@H](O)[C@H](O)[C@H](O)CO. The molecule has 18 heteroatoms. The molecule has 3 aromatic rings. The molecular formula is C25H29ClF3N5O9. The van der Waals surface area contributed by atoms with Crippen LogP contribution in [0.3, 0.4) is 0 Å². The number of aromatic nitrogens is 2. The molecule has 43 heavy (non-hydrogen) atoms. The number of hydrogen-bond donors (Lipinski definition) is 9. The summed E-state index contributed by atoms with van der Waals surface area (Å²) in [6, 6.07) is 1.01. The fraction of sp³-hybridized carbons (Fsp3) is 0.400. The number of halogens is 4. The van der Waals surface area contributed by atoms with E-state index in [2.05, 4.69) is 10.3 Å². The van der Waals surface area contributed by atoms with Gasteiger partial charge in [-0.25, -0.2) is 22.9 Å². The number of anilines is 2. The molecule has 0 saturated carbocycles. The van der Waals surface area contributed by atoms with Gasteiger partial charge in [0.2, 0.25) is 5.43 Å². The van der Waals surface area contributed by atoms with Gasteiger partial charge in [-0.2, -0.15) is 0 Å². The van der Waals surface area contributed by atoms with Crippen molar-refractivity contribution in [3.63, 3.8) is 0 Å². The zero-order chi connectivity index (χ0) is 32.3. The number of fused-ring (bicyclic) bond motifs is 1. The Morgan fingerprint density at radius 1 is 1.07 bits per heavy atom. The molecule has 1 aromatic carbocycles. The average Bonchev–Trinajstić information content (AvgIpc) is 2.93. The Morgan fingerprint density at radius 2 is 1.70 bits per heavy atom. The first kappa shape index (κ1) is 33.9. The van der Waals surface area contributed by atoms with E-state index in [1.807, 2.05) is 0 Å². The summed E-state index contributed by atoms with van der Waals surface area (Å²) in [6.07, 6.45) is -7.61. The molecule has 0 aliphatic carbocycles. The first-order chi connectivity index (χ1) is 20.1. The van der Waals surface area contributed by atoms with Gasteiger partial charge >= 0.3 is 5.97 Å². The Morgan fingerprint density at radius 3 is 2.30 bits per heavy atom. The molecule has 236 valence electrons. The number of carboxylic acid groups (broad SMARTS) is 1. The van der Waals surface area contributed by atoms with E-state index >= 15 is 4.39 Å². The van der Waals surface area contributed by atoms with Gasteiger partial charge in [0, 0.05) is 31.9 Å². The summed E-state index contributed by atoms with van der Waals surface area (Å²) in [5.41, 5.74) is 2.48. The van der Waals surface area contributed by atoms with Gasteiger partial charge in [0.1, 0.15) is 29.7 Å². The zero-order valence-corrected chi connectivity index (χ0v) is 23.1. The maximum Gasteiger partial charge on any atom is 0.341 e. The Hall–Kier alpha value is -3.55. The molecule has 10 N–H and O–H groups in total. The normalized spacial score (nSPS) is 15.3. The van der Waals surface area contributed by atoms with Crippen molar-refractivity contribution in [3.05, 3.63) is 56.6 Å². The third-order valence-corrected chi connectivity index (χ3v) is 6.81. The highest BCUT2D eigenvalue weighted by atomic mass is 35.5. The van der Waals surface area contributed by atoms with Crippen LogP contribution in [0.5, 0.6) is 0 Å². The number of nitrogens with zero attached hydrogens (tertiary/aromatic N) is 3. The minimum absolute atomic E-state index is 0.196. The minimum Gasteiger partial charge on any atom is -0.477 e. The third kappa shape index (κ3) is 7.34. The van der Waals surface area contributed by atoms with Crippen molar-refractivity contribution in [1.29, 1.82) is 0 Å². The second-order valence-corrected chi connectivity index (χ2v) is 10.1. The lowest BCUT2D eigenvalue weighted by atomic mass is 10.0. The van der Waals surface area contributed by atoms with Gasteiger partial charge in [0.15, 0.2) is 23.3 Å². The van der Waals surface area contributed by atoms with Gasteiger partial charge in [-0.3, -0.25) is 9.36 Å². The molecule has 0 fully saturated rings. The topological polar surface area (TPSA) is 235 Å². The number of aliphatic hydroxyl groups is 6. The van der Waals surface area contributed by atoms with Crippen molar-refractivity contribution in [2.24, 2.45) is 0 Å². The minimum atomic E-state index is -1.85. The lowest BCUT2D eigenvalue weighted by Gasteiger charge is -2.29. The van der Waals surface area contributed by atoms with E-state index in [0.29, 0.717) is 22.9 Å². The van der Waals surface area contributed by atoms with Crippen molar-refractivity contribution < 1.29 is 53.7 Å². The number of carbonyl (C=O) groups is 1. The number of rotatable bonds is 13. The number of likely N-dealkylation sites (N-methyl/N-ethyl adjacent to an activating group) is 1. The summed E-state index contributed by atoms with van der Waals surface area (Å²) in [5, 5.41) is 69.4. The number of nitrogens with one attached hydrogen (secondary N) is 1. The molecule has 1 unspecified atom stereocenters. The second-order valence-electron chi connectivity index (χ2n) is 9.71. The fourth-order valence-electron chi connectivity index (χ4n) is 4.24. The molecule has 0 amide bonds. The lowest BCUT2D eigenvalue weighted by molar-refractivity contribution is -0.119. The number of hydrogen-bond acceptors (Lipinski definition) is 12. The van der Waals surface area contributed by atoms with Crippen LogP contribution in [0.15, 0.2) is 23.1 Å². The van der Waals surface area contributed by atoms with E-state index in [9.17, 15) is 49.0 Å². The average molecular weight is 636 g/mol. The Kier molecular flexibility index (Phi) is 10.9. The molecule has 0 saturated heterocycles. The fourth-order valence-corrected chi connectivity index (χ4v) is 4.59. The Balaban J connectivity index is 1.91. The molecule has 0 spiro atoms. The van der Waals surface area contributed by atoms with Crippen LogP contribution < -0.4 is 16.5 Å². The molecule has 0 aliphatic rings. The monoisotopic (exact) mass is 635 g/mol. The van der Waals surface area contributed by atoms with Crippen LogP contribution in [0.25, 0.3) is 16.7 Å². The lowest BCUT2D eigenvalue weighted by Crippen LogP contribution is -2.50. The quantitative estimate of drug-likeness (QED) is 0.108. The van der Waals surface area contributed by atoms with Crippen LogP contribution in [0.4, 0.5) is 24.7 Å². The predicted molar refractivity (Wildman–Crippen MR) is 147 cm³/mol. The number of benzene rings is 1. The van der Waals surface area contributed by atoms with Crippen LogP contribution >= 0.6 is 11.6 Å². The van der Waals surface area contributed by atoms with Gasteiger partial charge < -0.3 is 51.7 Å². The van der Waals surface area contributed by atoms with Gasteiger partial charge in [0.25, 0.3) is 0 Å². The molecule has 0 aliphatic heterocycles. The van der Waals surface area contributed by atoms with Crippen molar-refractivity contribution in [3.8, 4) is 5.82 Å². The van der Waals surface area contributed by atoms with Gasteiger partial charge in [-0.15, -0.1) is 0 Å². The highest BCUT2D eigenvalue weighted by molar-refractivity contribution is 6.38. The molecule has 2 aromatic heterocycles. The molecule has 3 rings (SSSR count). The van der Waals surface area contributed by atoms with E-state index in [0.717, 1.165) is 0 Å². The van der Waals surface area contributed by atoms with Crippen molar-refractivity contribution in [2.75, 3.05) is 44.3 Å². The van der Waals surface area contributed by atoms with Gasteiger partial charge in [-0.05, 0) is 13.1 Å². The van der Waals surface area contributed by atoms with Crippen LogP contribution in [-0.2, 0) is 0 Å². The first-order valence-corrected chi connectivity index (χ1v) is 12.8. The Labute approximate surface area is 245 Å². The molecule has 0 radical (unpaired) electrons. The summed E-state index contributed by atoms with van der Waals surface area (Å²) in [4.78, 5) is 29.4. The summed E-state index contributed by atoms with van der Waals surface area (Å²) < 4.78 is 44.4. The summed E-state index contributed by atoms with van der Waals surface area (Å²) in [6.45, 7) is -1.77. The Bertz CT molecular complexity index is 1560. The smallest absolute Gasteiger partial charge is 0.341 e. The van der Waals surface area contributed by atoms with Crippen molar-refractivity contribution >= 4 is 40.0 Å².